The van der Waals surface area contributed by atoms with E-state index in [0.717, 1.165) is 11.8 Å². The van der Waals surface area contributed by atoms with E-state index in [0.29, 0.717) is 11.5 Å². The lowest BCUT2D eigenvalue weighted by Gasteiger charge is -1.99. The molecule has 1 atom stereocenters. The summed E-state index contributed by atoms with van der Waals surface area (Å²) in [7, 11) is 0. The van der Waals surface area contributed by atoms with Crippen LogP contribution in [0.25, 0.3) is 11.3 Å². The van der Waals surface area contributed by atoms with Gasteiger partial charge < -0.3 is 9.21 Å². The van der Waals surface area contributed by atoms with Gasteiger partial charge in [0.1, 0.15) is 23.6 Å². The highest BCUT2D eigenvalue weighted by molar-refractivity contribution is 5.62. The minimum absolute atomic E-state index is 0.255. The van der Waals surface area contributed by atoms with Gasteiger partial charge in [0.05, 0.1) is 5.92 Å². The summed E-state index contributed by atoms with van der Waals surface area (Å²) < 4.78 is 18.2. The van der Waals surface area contributed by atoms with E-state index in [1.807, 2.05) is 0 Å². The minimum Gasteiger partial charge on any atom is -0.460 e. The molecule has 1 heterocycles. The first-order valence-corrected chi connectivity index (χ1v) is 5.01. The van der Waals surface area contributed by atoms with Gasteiger partial charge in [0.2, 0.25) is 0 Å². The zero-order valence-electron chi connectivity index (χ0n) is 8.81. The van der Waals surface area contributed by atoms with Gasteiger partial charge in [-0.15, -0.1) is 0 Å². The lowest BCUT2D eigenvalue weighted by Crippen LogP contribution is -1.90. The van der Waals surface area contributed by atoms with E-state index >= 15 is 0 Å². The number of carbonyl (C=O) groups excluding carboxylic acids is 1. The largest absolute Gasteiger partial charge is 0.460 e. The maximum absolute atomic E-state index is 12.7. The quantitative estimate of drug-likeness (QED) is 0.739. The molecule has 82 valence electrons. The predicted octanol–water partition coefficient (Wildman–Crippen LogP) is 3.39. The maximum Gasteiger partial charge on any atom is 0.134 e. The fourth-order valence-electron chi connectivity index (χ4n) is 1.43. The molecular weight excluding hydrogens is 207 g/mol. The van der Waals surface area contributed by atoms with Crippen molar-refractivity contribution in [3.63, 3.8) is 0 Å². The molecule has 0 fully saturated rings. The van der Waals surface area contributed by atoms with E-state index in [-0.39, 0.29) is 11.7 Å². The number of carbonyl (C=O) groups is 1. The third-order valence-electron chi connectivity index (χ3n) is 2.41. The van der Waals surface area contributed by atoms with Gasteiger partial charge in [-0.2, -0.15) is 0 Å². The summed E-state index contributed by atoms with van der Waals surface area (Å²) in [4.78, 5) is 10.6. The summed E-state index contributed by atoms with van der Waals surface area (Å²) in [5.41, 5.74) is 0.797. The van der Waals surface area contributed by atoms with Crippen molar-refractivity contribution in [1.82, 2.24) is 0 Å². The van der Waals surface area contributed by atoms with Crippen LogP contribution in [0.1, 0.15) is 18.6 Å². The molecule has 0 aliphatic rings. The Labute approximate surface area is 92.7 Å². The SMILES string of the molecule is CC(C=O)c1ccc(-c2ccc(F)cc2)o1. The second-order valence-electron chi connectivity index (χ2n) is 3.63. The minimum atomic E-state index is -0.281. The van der Waals surface area contributed by atoms with Crippen LogP contribution in [0.15, 0.2) is 40.8 Å². The molecule has 3 heteroatoms. The van der Waals surface area contributed by atoms with Crippen molar-refractivity contribution in [3.8, 4) is 11.3 Å². The van der Waals surface area contributed by atoms with E-state index in [1.165, 1.54) is 12.1 Å². The first-order valence-electron chi connectivity index (χ1n) is 5.01. The summed E-state index contributed by atoms with van der Waals surface area (Å²) in [6.45, 7) is 1.76. The molecule has 1 unspecified atom stereocenters. The smallest absolute Gasteiger partial charge is 0.134 e. The van der Waals surface area contributed by atoms with Crippen LogP contribution in [-0.2, 0) is 4.79 Å². The van der Waals surface area contributed by atoms with Gasteiger partial charge in [0.15, 0.2) is 0 Å². The van der Waals surface area contributed by atoms with Crippen LogP contribution in [0.4, 0.5) is 4.39 Å². The van der Waals surface area contributed by atoms with Crippen molar-refractivity contribution in [2.24, 2.45) is 0 Å². The van der Waals surface area contributed by atoms with Gasteiger partial charge >= 0.3 is 0 Å². The van der Waals surface area contributed by atoms with Gasteiger partial charge in [-0.05, 0) is 43.3 Å². The second-order valence-corrected chi connectivity index (χ2v) is 3.63. The zero-order chi connectivity index (χ0) is 11.5. The molecule has 2 nitrogen and oxygen atoms in total. The molecule has 0 amide bonds. The molecule has 2 rings (SSSR count). The zero-order valence-corrected chi connectivity index (χ0v) is 8.81. The standard InChI is InChI=1S/C13H11FO2/c1-9(8-15)12-6-7-13(16-12)10-2-4-11(14)5-3-10/h2-9H,1H3. The van der Waals surface area contributed by atoms with Crippen LogP contribution in [0, 0.1) is 5.82 Å². The van der Waals surface area contributed by atoms with Gasteiger partial charge in [-0.3, -0.25) is 0 Å². The molecule has 2 aromatic rings. The Balaban J connectivity index is 2.31. The molecule has 0 N–H and O–H groups in total. The number of furan rings is 1. The van der Waals surface area contributed by atoms with Crippen LogP contribution in [-0.4, -0.2) is 6.29 Å². The topological polar surface area (TPSA) is 30.2 Å². The third kappa shape index (κ3) is 2.03. The molecule has 0 spiro atoms. The predicted molar refractivity (Wildman–Crippen MR) is 58.6 cm³/mol. The number of rotatable bonds is 3. The second kappa shape index (κ2) is 4.31. The Morgan fingerprint density at radius 2 is 1.88 bits per heavy atom. The normalized spacial score (nSPS) is 12.4. The van der Waals surface area contributed by atoms with Crippen molar-refractivity contribution in [1.29, 1.82) is 0 Å². The number of hydrogen-bond donors (Lipinski definition) is 0. The highest BCUT2D eigenvalue weighted by Crippen LogP contribution is 2.25. The fraction of sp³-hybridized carbons (Fsp3) is 0.154. The summed E-state index contributed by atoms with van der Waals surface area (Å²) in [5.74, 6) is 0.726. The molecule has 1 aromatic carbocycles. The van der Waals surface area contributed by atoms with Crippen LogP contribution >= 0.6 is 0 Å². The molecule has 16 heavy (non-hydrogen) atoms. The summed E-state index contributed by atoms with van der Waals surface area (Å²) in [5, 5.41) is 0. The maximum atomic E-state index is 12.7. The highest BCUT2D eigenvalue weighted by atomic mass is 19.1. The first-order chi connectivity index (χ1) is 7.70. The molecule has 0 aliphatic carbocycles. The number of halogens is 1. The number of aldehydes is 1. The number of benzene rings is 1. The number of hydrogen-bond acceptors (Lipinski definition) is 2. The molecule has 0 bridgehead atoms. The Hall–Kier alpha value is -1.90. The van der Waals surface area contributed by atoms with E-state index in [9.17, 15) is 9.18 Å². The van der Waals surface area contributed by atoms with E-state index < -0.39 is 0 Å². The average Bonchev–Trinajstić information content (AvgIpc) is 2.78. The van der Waals surface area contributed by atoms with Crippen LogP contribution in [0.5, 0.6) is 0 Å². The third-order valence-corrected chi connectivity index (χ3v) is 2.41. The van der Waals surface area contributed by atoms with Gasteiger partial charge in [0.25, 0.3) is 0 Å². The van der Waals surface area contributed by atoms with Gasteiger partial charge in [0, 0.05) is 5.56 Å². The summed E-state index contributed by atoms with van der Waals surface area (Å²) in [6.07, 6.45) is 0.827. The van der Waals surface area contributed by atoms with Crippen molar-refractivity contribution >= 4 is 6.29 Å². The van der Waals surface area contributed by atoms with Crippen molar-refractivity contribution < 1.29 is 13.6 Å². The molecule has 0 saturated carbocycles. The summed E-state index contributed by atoms with van der Waals surface area (Å²) in [6, 6.07) is 9.58. The Bertz CT molecular complexity index is 485. The molecule has 1 aromatic heterocycles. The molecule has 0 radical (unpaired) electrons. The fourth-order valence-corrected chi connectivity index (χ4v) is 1.43. The molecular formula is C13H11FO2. The molecule has 0 saturated heterocycles. The van der Waals surface area contributed by atoms with Crippen molar-refractivity contribution in [2.45, 2.75) is 12.8 Å². The van der Waals surface area contributed by atoms with Gasteiger partial charge in [-0.25, -0.2) is 4.39 Å². The highest BCUT2D eigenvalue weighted by Gasteiger charge is 2.10. The Morgan fingerprint density at radius 3 is 2.50 bits per heavy atom. The van der Waals surface area contributed by atoms with Crippen molar-refractivity contribution in [3.05, 3.63) is 48.0 Å². The Kier molecular flexibility index (Phi) is 2.86. The van der Waals surface area contributed by atoms with Crippen LogP contribution in [0.3, 0.4) is 0 Å². The average molecular weight is 218 g/mol. The lowest BCUT2D eigenvalue weighted by molar-refractivity contribution is -0.109. The van der Waals surface area contributed by atoms with E-state index in [2.05, 4.69) is 0 Å². The monoisotopic (exact) mass is 218 g/mol. The van der Waals surface area contributed by atoms with E-state index in [4.69, 9.17) is 4.42 Å². The van der Waals surface area contributed by atoms with E-state index in [1.54, 1.807) is 31.2 Å². The molecule has 0 aliphatic heterocycles. The van der Waals surface area contributed by atoms with Gasteiger partial charge in [-0.1, -0.05) is 0 Å². The summed E-state index contributed by atoms with van der Waals surface area (Å²) >= 11 is 0. The van der Waals surface area contributed by atoms with Crippen molar-refractivity contribution in [2.75, 3.05) is 0 Å². The Morgan fingerprint density at radius 1 is 1.19 bits per heavy atom. The first kappa shape index (κ1) is 10.6. The van der Waals surface area contributed by atoms with Crippen LogP contribution in [0.2, 0.25) is 0 Å². The van der Waals surface area contributed by atoms with Crippen LogP contribution < -0.4 is 0 Å². The lowest BCUT2D eigenvalue weighted by atomic mass is 10.1.